The van der Waals surface area contributed by atoms with Crippen LogP contribution in [0.2, 0.25) is 0 Å². The number of fused-ring (bicyclic) bond motifs is 10. The van der Waals surface area contributed by atoms with E-state index in [-0.39, 0.29) is 40.9 Å². The number of hydrogen-bond donors (Lipinski definition) is 1. The summed E-state index contributed by atoms with van der Waals surface area (Å²) < 4.78 is 11.4. The van der Waals surface area contributed by atoms with Crippen LogP contribution in [0.15, 0.2) is 18.2 Å². The van der Waals surface area contributed by atoms with Crippen LogP contribution in [0.5, 0.6) is 5.88 Å². The lowest BCUT2D eigenvalue weighted by molar-refractivity contribution is -0.138. The summed E-state index contributed by atoms with van der Waals surface area (Å²) in [5, 5.41) is 3.12. The average Bonchev–Trinajstić information content (AvgIpc) is 3.30. The molecule has 10 nitrogen and oxygen atoms in total. The van der Waals surface area contributed by atoms with Crippen LogP contribution in [0.3, 0.4) is 0 Å². The zero-order valence-corrected chi connectivity index (χ0v) is 24.0. The molecule has 0 unspecified atom stereocenters. The fourth-order valence-electron chi connectivity index (χ4n) is 5.59. The number of ether oxygens (including phenoxy) is 2. The molecule has 3 amide bonds. The molecular formula is C29H45N5O5. The van der Waals surface area contributed by atoms with Gasteiger partial charge in [-0.15, -0.1) is 0 Å². The van der Waals surface area contributed by atoms with Crippen LogP contribution in [0.25, 0.3) is 0 Å². The van der Waals surface area contributed by atoms with Crippen molar-refractivity contribution in [2.75, 3.05) is 59.1 Å². The molecule has 2 fully saturated rings. The predicted octanol–water partition coefficient (Wildman–Crippen LogP) is 2.19. The molecule has 2 atom stereocenters. The van der Waals surface area contributed by atoms with Gasteiger partial charge in [0.2, 0.25) is 17.7 Å². The van der Waals surface area contributed by atoms with E-state index in [0.717, 1.165) is 25.8 Å². The Bertz CT molecular complexity index is 1000. The van der Waals surface area contributed by atoms with E-state index in [1.807, 2.05) is 9.80 Å². The molecule has 1 N–H and O–H groups in total. The molecule has 4 aliphatic heterocycles. The number of aromatic nitrogens is 1. The first-order valence-electron chi connectivity index (χ1n) is 14.4. The van der Waals surface area contributed by atoms with Gasteiger partial charge in [-0.25, -0.2) is 4.98 Å². The minimum atomic E-state index is -0.262. The summed E-state index contributed by atoms with van der Waals surface area (Å²) in [6.07, 6.45) is 3.30. The standard InChI is InChI=1S/C29H45N5O5/c1-21(35)33-14-15-38-16-17-39-26-7-5-6-24(31-26)27(36)30-23-18-25(34(20-23)13-10-29(2,3)4)28(37)32-11-8-22(19-33)9-12-32/h5-7,22-23,25H,8-20H2,1-4H3,(H,30,36)/t23-,25+/m1/s1. The number of piperidine rings is 1. The number of rotatable bonds is 2. The Morgan fingerprint density at radius 3 is 2.56 bits per heavy atom. The van der Waals surface area contributed by atoms with Gasteiger partial charge in [0.25, 0.3) is 5.91 Å². The van der Waals surface area contributed by atoms with Crippen molar-refractivity contribution in [2.45, 2.75) is 65.5 Å². The van der Waals surface area contributed by atoms with Crippen molar-refractivity contribution in [3.63, 3.8) is 0 Å². The average molecular weight is 544 g/mol. The van der Waals surface area contributed by atoms with E-state index in [9.17, 15) is 14.4 Å². The molecule has 6 bridgehead atoms. The highest BCUT2D eigenvalue weighted by Gasteiger charge is 2.40. The summed E-state index contributed by atoms with van der Waals surface area (Å²) in [5.41, 5.74) is 0.433. The van der Waals surface area contributed by atoms with Crippen LogP contribution in [-0.4, -0.2) is 109 Å². The normalized spacial score (nSPS) is 26.1. The molecular weight excluding hydrogens is 498 g/mol. The summed E-state index contributed by atoms with van der Waals surface area (Å²) in [7, 11) is 0. The number of carbonyl (C=O) groups excluding carboxylic acids is 3. The third-order valence-corrected chi connectivity index (χ3v) is 7.96. The molecule has 0 aromatic carbocycles. The molecule has 5 heterocycles. The van der Waals surface area contributed by atoms with E-state index >= 15 is 0 Å². The van der Waals surface area contributed by atoms with E-state index in [1.54, 1.807) is 25.1 Å². The summed E-state index contributed by atoms with van der Waals surface area (Å²) >= 11 is 0. The van der Waals surface area contributed by atoms with Crippen molar-refractivity contribution in [1.29, 1.82) is 0 Å². The molecule has 5 rings (SSSR count). The number of hydrogen-bond acceptors (Lipinski definition) is 7. The quantitative estimate of drug-likeness (QED) is 0.570. The van der Waals surface area contributed by atoms with Gasteiger partial charge in [0.05, 0.1) is 19.3 Å². The van der Waals surface area contributed by atoms with Gasteiger partial charge in [0, 0.05) is 51.8 Å². The van der Waals surface area contributed by atoms with E-state index < -0.39 is 0 Å². The van der Waals surface area contributed by atoms with Gasteiger partial charge >= 0.3 is 0 Å². The number of nitrogens with one attached hydrogen (secondary N) is 1. The lowest BCUT2D eigenvalue weighted by Gasteiger charge is -2.37. The molecule has 216 valence electrons. The molecule has 39 heavy (non-hydrogen) atoms. The van der Waals surface area contributed by atoms with Crippen molar-refractivity contribution in [3.05, 3.63) is 23.9 Å². The fraction of sp³-hybridized carbons (Fsp3) is 0.724. The topological polar surface area (TPSA) is 104 Å². The highest BCUT2D eigenvalue weighted by atomic mass is 16.5. The number of nitrogens with zero attached hydrogens (tertiary/aromatic N) is 4. The summed E-state index contributed by atoms with van der Waals surface area (Å²) in [5.74, 6) is 0.645. The Morgan fingerprint density at radius 1 is 1.08 bits per heavy atom. The van der Waals surface area contributed by atoms with Crippen molar-refractivity contribution < 1.29 is 23.9 Å². The van der Waals surface area contributed by atoms with Crippen LogP contribution < -0.4 is 10.1 Å². The Morgan fingerprint density at radius 2 is 1.85 bits per heavy atom. The van der Waals surface area contributed by atoms with Crippen LogP contribution in [-0.2, 0) is 14.3 Å². The SMILES string of the molecule is CC(=O)N1CCOCCOc2cccc(n2)C(=O)N[C@@H]2C[C@@H](C(=O)N3CCC(CC3)C1)N(CCC(C)(C)C)C2. The number of likely N-dealkylation sites (tertiary alicyclic amines) is 1. The maximum Gasteiger partial charge on any atom is 0.270 e. The van der Waals surface area contributed by atoms with Crippen LogP contribution in [0.1, 0.15) is 63.9 Å². The molecule has 1 aromatic heterocycles. The number of amides is 3. The molecule has 0 spiro atoms. The van der Waals surface area contributed by atoms with E-state index in [4.69, 9.17) is 9.47 Å². The van der Waals surface area contributed by atoms with E-state index in [0.29, 0.717) is 70.8 Å². The lowest BCUT2D eigenvalue weighted by Crippen LogP contribution is -2.50. The second-order valence-electron chi connectivity index (χ2n) is 12.3. The van der Waals surface area contributed by atoms with Crippen molar-refractivity contribution in [1.82, 2.24) is 25.0 Å². The van der Waals surface area contributed by atoms with Gasteiger partial charge in [0.1, 0.15) is 12.3 Å². The molecule has 0 saturated carbocycles. The maximum absolute atomic E-state index is 13.8. The van der Waals surface area contributed by atoms with Crippen molar-refractivity contribution in [2.24, 2.45) is 11.3 Å². The zero-order valence-electron chi connectivity index (χ0n) is 24.0. The second kappa shape index (κ2) is 13.1. The molecule has 2 saturated heterocycles. The third kappa shape index (κ3) is 8.38. The van der Waals surface area contributed by atoms with Gasteiger partial charge in [-0.05, 0) is 49.6 Å². The van der Waals surface area contributed by atoms with E-state index in [1.165, 1.54) is 0 Å². The highest BCUT2D eigenvalue weighted by molar-refractivity contribution is 5.92. The maximum atomic E-state index is 13.8. The minimum Gasteiger partial charge on any atom is -0.475 e. The van der Waals surface area contributed by atoms with Crippen molar-refractivity contribution in [3.8, 4) is 5.88 Å². The Labute approximate surface area is 232 Å². The lowest BCUT2D eigenvalue weighted by atomic mass is 9.92. The zero-order chi connectivity index (χ0) is 28.0. The Kier molecular flexibility index (Phi) is 9.82. The molecule has 10 heteroatoms. The summed E-state index contributed by atoms with van der Waals surface area (Å²) in [6.45, 7) is 13.3. The predicted molar refractivity (Wildman–Crippen MR) is 147 cm³/mol. The summed E-state index contributed by atoms with van der Waals surface area (Å²) in [4.78, 5) is 49.6. The van der Waals surface area contributed by atoms with Gasteiger partial charge < -0.3 is 24.6 Å². The molecule has 0 radical (unpaired) electrons. The van der Waals surface area contributed by atoms with Gasteiger partial charge in [-0.3, -0.25) is 19.3 Å². The number of pyridine rings is 1. The second-order valence-corrected chi connectivity index (χ2v) is 12.3. The monoisotopic (exact) mass is 543 g/mol. The van der Waals surface area contributed by atoms with Crippen LogP contribution in [0.4, 0.5) is 0 Å². The first-order valence-corrected chi connectivity index (χ1v) is 14.4. The van der Waals surface area contributed by atoms with Gasteiger partial charge in [-0.1, -0.05) is 26.8 Å². The summed E-state index contributed by atoms with van der Waals surface area (Å²) in [6, 6.07) is 4.74. The highest BCUT2D eigenvalue weighted by Crippen LogP contribution is 2.27. The fourth-order valence-corrected chi connectivity index (χ4v) is 5.59. The smallest absolute Gasteiger partial charge is 0.270 e. The molecule has 1 aromatic rings. The molecule has 4 aliphatic rings. The molecule has 0 aliphatic carbocycles. The van der Waals surface area contributed by atoms with Gasteiger partial charge in [0.15, 0.2) is 0 Å². The first kappa shape index (κ1) is 29.3. The first-order chi connectivity index (χ1) is 18.6. The van der Waals surface area contributed by atoms with Crippen molar-refractivity contribution >= 4 is 17.7 Å². The number of carbonyl (C=O) groups is 3. The van der Waals surface area contributed by atoms with Crippen LogP contribution >= 0.6 is 0 Å². The van der Waals surface area contributed by atoms with E-state index in [2.05, 4.69) is 36.0 Å². The third-order valence-electron chi connectivity index (χ3n) is 7.96. The Balaban J connectivity index is 1.51. The van der Waals surface area contributed by atoms with Crippen LogP contribution in [0, 0.1) is 11.3 Å². The Hall–Kier alpha value is -2.72. The largest absolute Gasteiger partial charge is 0.475 e. The van der Waals surface area contributed by atoms with Gasteiger partial charge in [-0.2, -0.15) is 0 Å². The minimum absolute atomic E-state index is 0.0383.